The number of ether oxygens (including phenoxy) is 1. The summed E-state index contributed by atoms with van der Waals surface area (Å²) in [5.41, 5.74) is 1.47. The van der Waals surface area contributed by atoms with Crippen LogP contribution in [-0.4, -0.2) is 19.2 Å². The topological polar surface area (TPSA) is 21.3 Å². The maximum Gasteiger partial charge on any atom is 0.119 e. The molecule has 0 saturated heterocycles. The van der Waals surface area contributed by atoms with Gasteiger partial charge in [0.05, 0.1) is 6.61 Å². The van der Waals surface area contributed by atoms with E-state index in [0.717, 1.165) is 18.9 Å². The van der Waals surface area contributed by atoms with Crippen LogP contribution in [0.15, 0.2) is 24.3 Å². The van der Waals surface area contributed by atoms with Crippen molar-refractivity contribution in [1.29, 1.82) is 0 Å². The number of rotatable bonds is 6. The summed E-state index contributed by atoms with van der Waals surface area (Å²) in [6.45, 7) is 6.14. The Bertz CT molecular complexity index is 360. The second-order valence-corrected chi connectivity index (χ2v) is 5.45. The van der Waals surface area contributed by atoms with Crippen molar-refractivity contribution < 1.29 is 4.74 Å². The standard InChI is InChI=1S/C17H27NO/c1-3-13-18-17-8-6-5-7-16(17)14-9-11-15(12-10-14)19-4-2/h9-12,16-18H,3-8,13H2,1-2H3. The van der Waals surface area contributed by atoms with Crippen molar-refractivity contribution in [3.05, 3.63) is 29.8 Å². The molecule has 1 saturated carbocycles. The van der Waals surface area contributed by atoms with E-state index < -0.39 is 0 Å². The van der Waals surface area contributed by atoms with Crippen LogP contribution in [0.25, 0.3) is 0 Å². The summed E-state index contributed by atoms with van der Waals surface area (Å²) in [6.07, 6.45) is 6.58. The van der Waals surface area contributed by atoms with Crippen LogP contribution in [0.1, 0.15) is 57.4 Å². The van der Waals surface area contributed by atoms with E-state index in [0.29, 0.717) is 12.0 Å². The number of nitrogens with one attached hydrogen (secondary N) is 1. The molecule has 2 nitrogen and oxygen atoms in total. The average molecular weight is 261 g/mol. The van der Waals surface area contributed by atoms with E-state index in [2.05, 4.69) is 36.5 Å². The quantitative estimate of drug-likeness (QED) is 0.832. The molecule has 1 aliphatic rings. The first kappa shape index (κ1) is 14.4. The van der Waals surface area contributed by atoms with Crippen molar-refractivity contribution in [3.63, 3.8) is 0 Å². The second-order valence-electron chi connectivity index (χ2n) is 5.45. The molecule has 0 radical (unpaired) electrons. The van der Waals surface area contributed by atoms with Crippen LogP contribution in [0.2, 0.25) is 0 Å². The van der Waals surface area contributed by atoms with Gasteiger partial charge in [0.2, 0.25) is 0 Å². The summed E-state index contributed by atoms with van der Waals surface area (Å²) in [5, 5.41) is 3.73. The molecule has 1 N–H and O–H groups in total. The summed E-state index contributed by atoms with van der Waals surface area (Å²) in [6, 6.07) is 9.39. The fourth-order valence-electron chi connectivity index (χ4n) is 3.08. The molecule has 0 spiro atoms. The molecular formula is C17H27NO. The third kappa shape index (κ3) is 3.97. The van der Waals surface area contributed by atoms with Crippen molar-refractivity contribution in [1.82, 2.24) is 5.32 Å². The SMILES string of the molecule is CCCNC1CCCCC1c1ccc(OCC)cc1. The second kappa shape index (κ2) is 7.54. The zero-order valence-corrected chi connectivity index (χ0v) is 12.3. The molecule has 0 aliphatic heterocycles. The molecule has 1 fully saturated rings. The lowest BCUT2D eigenvalue weighted by atomic mass is 9.80. The highest BCUT2D eigenvalue weighted by Crippen LogP contribution is 2.33. The fraction of sp³-hybridized carbons (Fsp3) is 0.647. The predicted molar refractivity (Wildman–Crippen MR) is 80.9 cm³/mol. The largest absolute Gasteiger partial charge is 0.494 e. The highest BCUT2D eigenvalue weighted by molar-refractivity contribution is 5.30. The Labute approximate surface area is 117 Å². The van der Waals surface area contributed by atoms with Gasteiger partial charge in [-0.1, -0.05) is 31.9 Å². The maximum absolute atomic E-state index is 5.52. The Balaban J connectivity index is 2.03. The van der Waals surface area contributed by atoms with E-state index in [9.17, 15) is 0 Å². The van der Waals surface area contributed by atoms with E-state index >= 15 is 0 Å². The van der Waals surface area contributed by atoms with Crippen LogP contribution in [0.5, 0.6) is 5.75 Å². The zero-order chi connectivity index (χ0) is 13.5. The number of benzene rings is 1. The van der Waals surface area contributed by atoms with Gasteiger partial charge in [0, 0.05) is 6.04 Å². The van der Waals surface area contributed by atoms with Gasteiger partial charge in [-0.2, -0.15) is 0 Å². The van der Waals surface area contributed by atoms with Gasteiger partial charge < -0.3 is 10.1 Å². The molecule has 2 rings (SSSR count). The lowest BCUT2D eigenvalue weighted by Crippen LogP contribution is -2.37. The van der Waals surface area contributed by atoms with Gasteiger partial charge in [0.1, 0.15) is 5.75 Å². The van der Waals surface area contributed by atoms with E-state index in [1.165, 1.54) is 37.7 Å². The van der Waals surface area contributed by atoms with Crippen LogP contribution in [-0.2, 0) is 0 Å². The fourth-order valence-corrected chi connectivity index (χ4v) is 3.08. The maximum atomic E-state index is 5.52. The summed E-state index contributed by atoms with van der Waals surface area (Å²) in [4.78, 5) is 0. The van der Waals surface area contributed by atoms with E-state index in [4.69, 9.17) is 4.74 Å². The van der Waals surface area contributed by atoms with Crippen molar-refractivity contribution >= 4 is 0 Å². The molecule has 2 unspecified atom stereocenters. The van der Waals surface area contributed by atoms with Gasteiger partial charge in [-0.05, 0) is 56.3 Å². The van der Waals surface area contributed by atoms with E-state index in [-0.39, 0.29) is 0 Å². The van der Waals surface area contributed by atoms with Crippen LogP contribution in [0, 0.1) is 0 Å². The van der Waals surface area contributed by atoms with Gasteiger partial charge in [0.15, 0.2) is 0 Å². The molecular weight excluding hydrogens is 234 g/mol. The lowest BCUT2D eigenvalue weighted by Gasteiger charge is -2.32. The Morgan fingerprint density at radius 1 is 1.11 bits per heavy atom. The van der Waals surface area contributed by atoms with Crippen LogP contribution >= 0.6 is 0 Å². The van der Waals surface area contributed by atoms with Gasteiger partial charge in [-0.3, -0.25) is 0 Å². The highest BCUT2D eigenvalue weighted by Gasteiger charge is 2.25. The average Bonchev–Trinajstić information content (AvgIpc) is 2.47. The summed E-state index contributed by atoms with van der Waals surface area (Å²) >= 11 is 0. The Kier molecular flexibility index (Phi) is 5.71. The predicted octanol–water partition coefficient (Wildman–Crippen LogP) is 4.11. The van der Waals surface area contributed by atoms with Crippen LogP contribution < -0.4 is 10.1 Å². The summed E-state index contributed by atoms with van der Waals surface area (Å²) < 4.78 is 5.52. The smallest absolute Gasteiger partial charge is 0.119 e. The number of hydrogen-bond acceptors (Lipinski definition) is 2. The molecule has 0 heterocycles. The van der Waals surface area contributed by atoms with Gasteiger partial charge in [0.25, 0.3) is 0 Å². The minimum absolute atomic E-state index is 0.659. The van der Waals surface area contributed by atoms with Crippen molar-refractivity contribution in [2.24, 2.45) is 0 Å². The Morgan fingerprint density at radius 2 is 1.84 bits per heavy atom. The number of hydrogen-bond donors (Lipinski definition) is 1. The van der Waals surface area contributed by atoms with E-state index in [1.807, 2.05) is 6.92 Å². The Hall–Kier alpha value is -1.02. The van der Waals surface area contributed by atoms with Crippen molar-refractivity contribution in [2.45, 2.75) is 57.9 Å². The lowest BCUT2D eigenvalue weighted by molar-refractivity contribution is 0.326. The summed E-state index contributed by atoms with van der Waals surface area (Å²) in [7, 11) is 0. The van der Waals surface area contributed by atoms with E-state index in [1.54, 1.807) is 0 Å². The molecule has 0 aromatic heterocycles. The first-order valence-corrected chi connectivity index (χ1v) is 7.81. The van der Waals surface area contributed by atoms with Crippen LogP contribution in [0.3, 0.4) is 0 Å². The van der Waals surface area contributed by atoms with Gasteiger partial charge >= 0.3 is 0 Å². The summed E-state index contributed by atoms with van der Waals surface area (Å²) in [5.74, 6) is 1.66. The third-order valence-corrected chi connectivity index (χ3v) is 4.04. The first-order valence-electron chi connectivity index (χ1n) is 7.81. The first-order chi connectivity index (χ1) is 9.35. The van der Waals surface area contributed by atoms with Crippen LogP contribution in [0.4, 0.5) is 0 Å². The molecule has 2 heteroatoms. The molecule has 1 aromatic rings. The molecule has 0 amide bonds. The van der Waals surface area contributed by atoms with Crippen molar-refractivity contribution in [2.75, 3.05) is 13.2 Å². The molecule has 2 atom stereocenters. The highest BCUT2D eigenvalue weighted by atomic mass is 16.5. The monoisotopic (exact) mass is 261 g/mol. The molecule has 1 aromatic carbocycles. The zero-order valence-electron chi connectivity index (χ0n) is 12.3. The third-order valence-electron chi connectivity index (χ3n) is 4.04. The Morgan fingerprint density at radius 3 is 2.53 bits per heavy atom. The normalized spacial score (nSPS) is 23.3. The van der Waals surface area contributed by atoms with Gasteiger partial charge in [-0.25, -0.2) is 0 Å². The molecule has 0 bridgehead atoms. The minimum atomic E-state index is 0.659. The minimum Gasteiger partial charge on any atom is -0.494 e. The molecule has 1 aliphatic carbocycles. The van der Waals surface area contributed by atoms with Crippen molar-refractivity contribution in [3.8, 4) is 5.75 Å². The molecule has 19 heavy (non-hydrogen) atoms. The molecule has 106 valence electrons. The van der Waals surface area contributed by atoms with Gasteiger partial charge in [-0.15, -0.1) is 0 Å².